The Balaban J connectivity index is 2.38. The van der Waals surface area contributed by atoms with E-state index in [9.17, 15) is 13.7 Å². The van der Waals surface area contributed by atoms with Crippen molar-refractivity contribution in [1.82, 2.24) is 4.98 Å². The molecule has 1 aromatic carbocycles. The minimum atomic E-state index is -3.38. The Morgan fingerprint density at radius 1 is 1.23 bits per heavy atom. The highest BCUT2D eigenvalue weighted by molar-refractivity contribution is 7.92. The van der Waals surface area contributed by atoms with Crippen LogP contribution in [-0.4, -0.2) is 19.2 Å². The van der Waals surface area contributed by atoms with Crippen LogP contribution in [0.2, 0.25) is 0 Å². The highest BCUT2D eigenvalue weighted by atomic mass is 32.2. The largest absolute Gasteiger partial charge is 0.358 e. The van der Waals surface area contributed by atoms with Gasteiger partial charge >= 0.3 is 0 Å². The quantitative estimate of drug-likeness (QED) is 0.882. The van der Waals surface area contributed by atoms with Gasteiger partial charge in [-0.3, -0.25) is 4.72 Å². The summed E-state index contributed by atoms with van der Waals surface area (Å²) in [5, 5.41) is 18.0. The lowest BCUT2D eigenvalue weighted by molar-refractivity contribution is 0.602. The van der Waals surface area contributed by atoms with Crippen molar-refractivity contribution in [2.45, 2.75) is 13.3 Å². The van der Waals surface area contributed by atoms with E-state index in [1.54, 1.807) is 24.3 Å². The van der Waals surface area contributed by atoms with Crippen LogP contribution in [0.4, 0.5) is 5.69 Å². The van der Waals surface area contributed by atoms with Crippen LogP contribution in [0.1, 0.15) is 18.2 Å². The molecule has 2 aromatic rings. The van der Waals surface area contributed by atoms with E-state index >= 15 is 0 Å². The lowest BCUT2D eigenvalue weighted by Gasteiger charge is -2.08. The van der Waals surface area contributed by atoms with Gasteiger partial charge in [-0.2, -0.15) is 10.5 Å². The molecular formula is C15H14N4O2S. The maximum absolute atomic E-state index is 11.6. The summed E-state index contributed by atoms with van der Waals surface area (Å²) in [7, 11) is -3.38. The Morgan fingerprint density at radius 2 is 2.00 bits per heavy atom. The van der Waals surface area contributed by atoms with E-state index in [1.165, 1.54) is 13.0 Å². The number of nitrogens with zero attached hydrogens (tertiary/aromatic N) is 2. The summed E-state index contributed by atoms with van der Waals surface area (Å²) in [6.45, 7) is 1.54. The fourth-order valence-corrected chi connectivity index (χ4v) is 2.60. The van der Waals surface area contributed by atoms with Crippen LogP contribution < -0.4 is 4.72 Å². The van der Waals surface area contributed by atoms with E-state index < -0.39 is 10.0 Å². The molecule has 1 aromatic heterocycles. The van der Waals surface area contributed by atoms with Crippen LogP contribution in [0.5, 0.6) is 0 Å². The molecule has 0 saturated carbocycles. The topological polar surface area (TPSA) is 110 Å². The average molecular weight is 314 g/mol. The third-order valence-electron chi connectivity index (χ3n) is 3.10. The zero-order valence-corrected chi connectivity index (χ0v) is 12.7. The van der Waals surface area contributed by atoms with Crippen molar-refractivity contribution >= 4 is 15.7 Å². The minimum Gasteiger partial charge on any atom is -0.358 e. The van der Waals surface area contributed by atoms with E-state index in [1.807, 2.05) is 6.07 Å². The normalized spacial score (nSPS) is 10.7. The first kappa shape index (κ1) is 15.6. The Bertz CT molecular complexity index is 870. The molecule has 2 rings (SSSR count). The molecule has 0 fully saturated rings. The molecule has 0 saturated heterocycles. The van der Waals surface area contributed by atoms with Gasteiger partial charge in [0.2, 0.25) is 10.0 Å². The first-order chi connectivity index (χ1) is 10.5. The SMILES string of the molecule is CCS(=O)(=O)Nc1ccc(-c2ccc(CC#N)[nH]2)c(C#N)c1. The number of H-pyrrole nitrogens is 1. The van der Waals surface area contributed by atoms with E-state index in [0.29, 0.717) is 22.5 Å². The molecule has 0 aliphatic heterocycles. The molecule has 0 aliphatic carbocycles. The second kappa shape index (κ2) is 6.33. The van der Waals surface area contributed by atoms with Crippen molar-refractivity contribution in [3.8, 4) is 23.4 Å². The predicted molar refractivity (Wildman–Crippen MR) is 83.3 cm³/mol. The van der Waals surface area contributed by atoms with Gasteiger partial charge in [-0.25, -0.2) is 8.42 Å². The minimum absolute atomic E-state index is 0.0369. The van der Waals surface area contributed by atoms with Gasteiger partial charge in [-0.05, 0) is 37.3 Å². The van der Waals surface area contributed by atoms with E-state index in [-0.39, 0.29) is 12.2 Å². The van der Waals surface area contributed by atoms with E-state index in [2.05, 4.69) is 15.8 Å². The molecule has 0 amide bonds. The van der Waals surface area contributed by atoms with Crippen molar-refractivity contribution in [2.75, 3.05) is 10.5 Å². The summed E-state index contributed by atoms with van der Waals surface area (Å²) in [5.74, 6) is -0.0369. The molecule has 0 aliphatic rings. The summed E-state index contributed by atoms with van der Waals surface area (Å²) in [6.07, 6.45) is 0.260. The number of nitriles is 2. The van der Waals surface area contributed by atoms with Crippen molar-refractivity contribution in [1.29, 1.82) is 10.5 Å². The molecular weight excluding hydrogens is 300 g/mol. The summed E-state index contributed by atoms with van der Waals surface area (Å²) >= 11 is 0. The number of aromatic amines is 1. The molecule has 0 spiro atoms. The molecule has 112 valence electrons. The summed E-state index contributed by atoms with van der Waals surface area (Å²) in [6, 6.07) is 12.5. The number of benzene rings is 1. The van der Waals surface area contributed by atoms with Gasteiger partial charge < -0.3 is 4.98 Å². The monoisotopic (exact) mass is 314 g/mol. The molecule has 6 nitrogen and oxygen atoms in total. The first-order valence-electron chi connectivity index (χ1n) is 6.59. The van der Waals surface area contributed by atoms with Gasteiger partial charge in [-0.1, -0.05) is 0 Å². The second-order valence-corrected chi connectivity index (χ2v) is 6.62. The van der Waals surface area contributed by atoms with Crippen LogP contribution >= 0.6 is 0 Å². The van der Waals surface area contributed by atoms with Gasteiger partial charge in [-0.15, -0.1) is 0 Å². The molecule has 1 heterocycles. The van der Waals surface area contributed by atoms with E-state index in [0.717, 1.165) is 5.69 Å². The molecule has 0 bridgehead atoms. The Labute approximate surface area is 129 Å². The molecule has 2 N–H and O–H groups in total. The maximum Gasteiger partial charge on any atom is 0.232 e. The third kappa shape index (κ3) is 3.46. The average Bonchev–Trinajstić information content (AvgIpc) is 2.95. The van der Waals surface area contributed by atoms with Crippen molar-refractivity contribution in [2.24, 2.45) is 0 Å². The smallest absolute Gasteiger partial charge is 0.232 e. The molecule has 7 heteroatoms. The summed E-state index contributed by atoms with van der Waals surface area (Å²) < 4.78 is 25.6. The van der Waals surface area contributed by atoms with Crippen LogP contribution in [0.3, 0.4) is 0 Å². The van der Waals surface area contributed by atoms with Crippen LogP contribution in [-0.2, 0) is 16.4 Å². The summed E-state index contributed by atoms with van der Waals surface area (Å²) in [4.78, 5) is 3.07. The van der Waals surface area contributed by atoms with Crippen molar-refractivity contribution < 1.29 is 8.42 Å². The maximum atomic E-state index is 11.6. The Kier molecular flexibility index (Phi) is 4.50. The molecule has 0 radical (unpaired) electrons. The number of nitrogens with one attached hydrogen (secondary N) is 2. The lowest BCUT2D eigenvalue weighted by Crippen LogP contribution is -2.14. The lowest BCUT2D eigenvalue weighted by atomic mass is 10.1. The number of rotatable bonds is 5. The number of hydrogen-bond donors (Lipinski definition) is 2. The van der Waals surface area contributed by atoms with E-state index in [4.69, 9.17) is 5.26 Å². The van der Waals surface area contributed by atoms with Gasteiger partial charge in [0.25, 0.3) is 0 Å². The standard InChI is InChI=1S/C15H14N4O2S/c1-2-22(20,21)19-13-3-5-14(11(9-13)10-17)15-6-4-12(18-15)7-8-16/h3-6,9,18-19H,2,7H2,1H3. The van der Waals surface area contributed by atoms with Crippen LogP contribution in [0, 0.1) is 22.7 Å². The van der Waals surface area contributed by atoms with Crippen molar-refractivity contribution in [3.63, 3.8) is 0 Å². The highest BCUT2D eigenvalue weighted by Crippen LogP contribution is 2.26. The second-order valence-electron chi connectivity index (χ2n) is 4.61. The molecule has 0 atom stereocenters. The summed E-state index contributed by atoms with van der Waals surface area (Å²) in [5.41, 5.74) is 2.84. The van der Waals surface area contributed by atoms with Gasteiger partial charge in [0, 0.05) is 22.6 Å². The fourth-order valence-electron chi connectivity index (χ4n) is 1.97. The van der Waals surface area contributed by atoms with Gasteiger partial charge in [0.15, 0.2) is 0 Å². The molecule has 0 unspecified atom stereocenters. The third-order valence-corrected chi connectivity index (χ3v) is 4.41. The van der Waals surface area contributed by atoms with Crippen LogP contribution in [0.15, 0.2) is 30.3 Å². The van der Waals surface area contributed by atoms with Crippen molar-refractivity contribution in [3.05, 3.63) is 41.6 Å². The zero-order chi connectivity index (χ0) is 16.2. The molecule has 22 heavy (non-hydrogen) atoms. The van der Waals surface area contributed by atoms with Gasteiger partial charge in [0.05, 0.1) is 29.9 Å². The first-order valence-corrected chi connectivity index (χ1v) is 8.24. The predicted octanol–water partition coefficient (Wildman–Crippen LogP) is 2.38. The number of hydrogen-bond acceptors (Lipinski definition) is 4. The Hall–Kier alpha value is -2.77. The number of aromatic nitrogens is 1. The number of anilines is 1. The zero-order valence-electron chi connectivity index (χ0n) is 11.9. The highest BCUT2D eigenvalue weighted by Gasteiger charge is 2.11. The number of sulfonamides is 1. The van der Waals surface area contributed by atoms with Gasteiger partial charge in [0.1, 0.15) is 0 Å². The fraction of sp³-hybridized carbons (Fsp3) is 0.200. The van der Waals surface area contributed by atoms with Crippen LogP contribution in [0.25, 0.3) is 11.3 Å². The Morgan fingerprint density at radius 3 is 2.64 bits per heavy atom.